The standard InChI is InChI=1S/C23H27F3N2O/c1-15-6-5-13-22(3,4)20(15)12-11-19-14-21(28(27-19)16(2)29)17-7-9-18(10-8-17)23(24,25)26/h6-12,20-21H,5,13-14H2,1-4H3/b12-11+. The summed E-state index contributed by atoms with van der Waals surface area (Å²) in [5.41, 5.74) is 2.20. The fraction of sp³-hybridized carbons (Fsp3) is 0.478. The minimum absolute atomic E-state index is 0.154. The minimum Gasteiger partial charge on any atom is -0.273 e. The van der Waals surface area contributed by atoms with Gasteiger partial charge in [0, 0.05) is 19.3 Å². The molecule has 0 fully saturated rings. The third kappa shape index (κ3) is 4.62. The van der Waals surface area contributed by atoms with Gasteiger partial charge in [-0.05, 0) is 49.0 Å². The second-order valence-corrected chi connectivity index (χ2v) is 8.61. The molecule has 0 aromatic heterocycles. The molecule has 1 amide bonds. The smallest absolute Gasteiger partial charge is 0.273 e. The van der Waals surface area contributed by atoms with E-state index in [1.165, 1.54) is 29.6 Å². The van der Waals surface area contributed by atoms with Gasteiger partial charge in [-0.15, -0.1) is 0 Å². The van der Waals surface area contributed by atoms with Crippen molar-refractivity contribution in [3.8, 4) is 0 Å². The van der Waals surface area contributed by atoms with Crippen LogP contribution in [0.2, 0.25) is 0 Å². The summed E-state index contributed by atoms with van der Waals surface area (Å²) >= 11 is 0. The number of hydrogen-bond donors (Lipinski definition) is 0. The molecule has 0 saturated carbocycles. The Balaban J connectivity index is 1.81. The maximum Gasteiger partial charge on any atom is 0.416 e. The van der Waals surface area contributed by atoms with Crippen molar-refractivity contribution in [3.05, 3.63) is 59.2 Å². The van der Waals surface area contributed by atoms with Crippen molar-refractivity contribution in [3.63, 3.8) is 0 Å². The Morgan fingerprint density at radius 2 is 1.90 bits per heavy atom. The lowest BCUT2D eigenvalue weighted by Crippen LogP contribution is -2.26. The third-order valence-corrected chi connectivity index (χ3v) is 5.95. The van der Waals surface area contributed by atoms with E-state index in [0.29, 0.717) is 17.9 Å². The number of alkyl halides is 3. The van der Waals surface area contributed by atoms with Crippen LogP contribution >= 0.6 is 0 Å². The average molecular weight is 404 g/mol. The van der Waals surface area contributed by atoms with Crippen molar-refractivity contribution in [2.24, 2.45) is 16.4 Å². The number of carbonyl (C=O) groups is 1. The van der Waals surface area contributed by atoms with Gasteiger partial charge in [0.2, 0.25) is 5.91 Å². The molecule has 0 radical (unpaired) electrons. The first-order valence-electron chi connectivity index (χ1n) is 9.88. The van der Waals surface area contributed by atoms with Gasteiger partial charge in [0.1, 0.15) is 0 Å². The molecule has 0 N–H and O–H groups in total. The number of nitrogens with zero attached hydrogens (tertiary/aromatic N) is 2. The molecule has 0 spiro atoms. The van der Waals surface area contributed by atoms with Crippen LogP contribution < -0.4 is 0 Å². The topological polar surface area (TPSA) is 32.7 Å². The lowest BCUT2D eigenvalue weighted by atomic mass is 9.68. The van der Waals surface area contributed by atoms with E-state index in [1.54, 1.807) is 0 Å². The van der Waals surface area contributed by atoms with Crippen LogP contribution in [-0.4, -0.2) is 16.6 Å². The normalized spacial score (nSPS) is 24.6. The van der Waals surface area contributed by atoms with Crippen LogP contribution in [0.15, 0.2) is 53.2 Å². The summed E-state index contributed by atoms with van der Waals surface area (Å²) in [6.07, 6.45) is 4.68. The quantitative estimate of drug-likeness (QED) is 0.545. The SMILES string of the molecule is CC(=O)N1N=C(/C=C/C2C(C)=CCCC2(C)C)CC1c1ccc(C(F)(F)F)cc1. The molecule has 2 aliphatic rings. The lowest BCUT2D eigenvalue weighted by molar-refractivity contribution is -0.137. The van der Waals surface area contributed by atoms with Gasteiger partial charge >= 0.3 is 6.18 Å². The summed E-state index contributed by atoms with van der Waals surface area (Å²) in [7, 11) is 0. The first kappa shape index (κ1) is 21.3. The van der Waals surface area contributed by atoms with Gasteiger partial charge in [0.05, 0.1) is 17.3 Å². The highest BCUT2D eigenvalue weighted by molar-refractivity contribution is 5.98. The van der Waals surface area contributed by atoms with E-state index in [-0.39, 0.29) is 17.4 Å². The van der Waals surface area contributed by atoms with E-state index in [2.05, 4.69) is 38.0 Å². The Morgan fingerprint density at radius 1 is 1.24 bits per heavy atom. The Morgan fingerprint density at radius 3 is 2.45 bits per heavy atom. The molecule has 1 aliphatic heterocycles. The third-order valence-electron chi connectivity index (χ3n) is 5.95. The highest BCUT2D eigenvalue weighted by Gasteiger charge is 2.34. The number of amides is 1. The van der Waals surface area contributed by atoms with Crippen LogP contribution in [0, 0.1) is 11.3 Å². The van der Waals surface area contributed by atoms with Gasteiger partial charge in [0.15, 0.2) is 0 Å². The molecule has 0 bridgehead atoms. The van der Waals surface area contributed by atoms with Gasteiger partial charge in [-0.2, -0.15) is 18.3 Å². The Hall–Kier alpha value is -2.37. The van der Waals surface area contributed by atoms with Crippen molar-refractivity contribution in [1.82, 2.24) is 5.01 Å². The van der Waals surface area contributed by atoms with Crippen molar-refractivity contribution < 1.29 is 18.0 Å². The Kier molecular flexibility index (Phi) is 5.74. The summed E-state index contributed by atoms with van der Waals surface area (Å²) < 4.78 is 38.5. The Labute approximate surface area is 170 Å². The second kappa shape index (κ2) is 7.81. The van der Waals surface area contributed by atoms with E-state index in [0.717, 1.165) is 30.7 Å². The second-order valence-electron chi connectivity index (χ2n) is 8.61. The van der Waals surface area contributed by atoms with Gasteiger partial charge in [-0.3, -0.25) is 4.79 Å². The molecule has 2 atom stereocenters. The number of benzene rings is 1. The molecular weight excluding hydrogens is 377 g/mol. The molecule has 0 saturated heterocycles. The van der Waals surface area contributed by atoms with Crippen LogP contribution in [0.3, 0.4) is 0 Å². The zero-order valence-corrected chi connectivity index (χ0v) is 17.3. The van der Waals surface area contributed by atoms with Gasteiger partial charge in [0.25, 0.3) is 0 Å². The summed E-state index contributed by atoms with van der Waals surface area (Å²) in [5.74, 6) is 0.0715. The molecule has 1 aromatic rings. The molecule has 156 valence electrons. The van der Waals surface area contributed by atoms with E-state index in [9.17, 15) is 18.0 Å². The van der Waals surface area contributed by atoms with Gasteiger partial charge < -0.3 is 0 Å². The zero-order chi connectivity index (χ0) is 21.4. The summed E-state index contributed by atoms with van der Waals surface area (Å²) in [6, 6.07) is 4.59. The summed E-state index contributed by atoms with van der Waals surface area (Å²) in [4.78, 5) is 12.1. The van der Waals surface area contributed by atoms with Gasteiger partial charge in [-0.25, -0.2) is 5.01 Å². The fourth-order valence-electron chi connectivity index (χ4n) is 4.27. The number of hydrazone groups is 1. The number of allylic oxidation sites excluding steroid dienone is 4. The van der Waals surface area contributed by atoms with Crippen LogP contribution in [0.5, 0.6) is 0 Å². The molecule has 3 nitrogen and oxygen atoms in total. The molecule has 6 heteroatoms. The van der Waals surface area contributed by atoms with E-state index in [4.69, 9.17) is 0 Å². The van der Waals surface area contributed by atoms with Crippen LogP contribution in [-0.2, 0) is 11.0 Å². The molecule has 1 aliphatic carbocycles. The number of halogens is 3. The number of carbonyl (C=O) groups excluding carboxylic acids is 1. The fourth-order valence-corrected chi connectivity index (χ4v) is 4.27. The van der Waals surface area contributed by atoms with E-state index >= 15 is 0 Å². The predicted octanol–water partition coefficient (Wildman–Crippen LogP) is 6.29. The monoisotopic (exact) mass is 404 g/mol. The first-order chi connectivity index (χ1) is 13.5. The van der Waals surface area contributed by atoms with Gasteiger partial charge in [-0.1, -0.05) is 43.7 Å². The highest BCUT2D eigenvalue weighted by atomic mass is 19.4. The molecule has 3 rings (SSSR count). The Bertz CT molecular complexity index is 863. The van der Waals surface area contributed by atoms with Crippen molar-refractivity contribution >= 4 is 11.6 Å². The van der Waals surface area contributed by atoms with Crippen molar-refractivity contribution in [2.45, 2.75) is 59.2 Å². The van der Waals surface area contributed by atoms with Crippen LogP contribution in [0.4, 0.5) is 13.2 Å². The highest BCUT2D eigenvalue weighted by Crippen LogP contribution is 2.42. The van der Waals surface area contributed by atoms with E-state index < -0.39 is 11.7 Å². The number of hydrogen-bond acceptors (Lipinski definition) is 2. The maximum atomic E-state index is 12.8. The molecular formula is C23H27F3N2O. The number of rotatable bonds is 3. The minimum atomic E-state index is -4.38. The first-order valence-corrected chi connectivity index (χ1v) is 9.88. The molecule has 1 aromatic carbocycles. The predicted molar refractivity (Wildman–Crippen MR) is 108 cm³/mol. The molecule has 29 heavy (non-hydrogen) atoms. The largest absolute Gasteiger partial charge is 0.416 e. The maximum absolute atomic E-state index is 12.8. The van der Waals surface area contributed by atoms with E-state index in [1.807, 2.05) is 6.08 Å². The van der Waals surface area contributed by atoms with Crippen molar-refractivity contribution in [2.75, 3.05) is 0 Å². The van der Waals surface area contributed by atoms with Crippen LogP contribution in [0.1, 0.15) is 64.1 Å². The zero-order valence-electron chi connectivity index (χ0n) is 17.3. The molecule has 2 unspecified atom stereocenters. The van der Waals surface area contributed by atoms with Crippen LogP contribution in [0.25, 0.3) is 0 Å². The summed E-state index contributed by atoms with van der Waals surface area (Å²) in [5, 5.41) is 5.82. The summed E-state index contributed by atoms with van der Waals surface area (Å²) in [6.45, 7) is 8.06. The van der Waals surface area contributed by atoms with Crippen molar-refractivity contribution in [1.29, 1.82) is 0 Å². The molecule has 1 heterocycles. The lowest BCUT2D eigenvalue weighted by Gasteiger charge is -2.36. The average Bonchev–Trinajstić information content (AvgIpc) is 3.05.